The predicted octanol–water partition coefficient (Wildman–Crippen LogP) is 3.94. The highest BCUT2D eigenvalue weighted by atomic mass is 35.5. The molecule has 36 heavy (non-hydrogen) atoms. The summed E-state index contributed by atoms with van der Waals surface area (Å²) in [5.41, 5.74) is 0.745. The molecule has 0 unspecified atom stereocenters. The lowest BCUT2D eigenvalue weighted by Crippen LogP contribution is -2.47. The van der Waals surface area contributed by atoms with Crippen molar-refractivity contribution in [2.24, 2.45) is 5.92 Å². The summed E-state index contributed by atoms with van der Waals surface area (Å²) in [7, 11) is 0. The molecule has 0 spiro atoms. The SMILES string of the molecule is CC(=O)c1cn(CC(=O)N[C@@H](CC2CC2)C(=O)NCc2cccc(Cl)c2F)c2c(C(=O)O)cccc12. The first kappa shape index (κ1) is 25.4. The van der Waals surface area contributed by atoms with E-state index in [1.54, 1.807) is 18.2 Å². The molecular weight excluding hydrogens is 489 g/mol. The van der Waals surface area contributed by atoms with Gasteiger partial charge in [-0.05, 0) is 31.4 Å². The lowest BCUT2D eigenvalue weighted by molar-refractivity contribution is -0.129. The van der Waals surface area contributed by atoms with E-state index in [9.17, 15) is 28.7 Å². The van der Waals surface area contributed by atoms with E-state index < -0.39 is 29.6 Å². The van der Waals surface area contributed by atoms with Crippen molar-refractivity contribution in [1.82, 2.24) is 15.2 Å². The lowest BCUT2D eigenvalue weighted by Gasteiger charge is -2.19. The molecule has 0 radical (unpaired) electrons. The molecule has 188 valence electrons. The summed E-state index contributed by atoms with van der Waals surface area (Å²) in [6, 6.07) is 8.24. The van der Waals surface area contributed by atoms with Crippen LogP contribution in [0, 0.1) is 11.7 Å². The molecule has 2 aromatic carbocycles. The van der Waals surface area contributed by atoms with Crippen LogP contribution in [0.25, 0.3) is 10.9 Å². The number of fused-ring (bicyclic) bond motifs is 1. The van der Waals surface area contributed by atoms with Gasteiger partial charge in [0.25, 0.3) is 0 Å². The van der Waals surface area contributed by atoms with Gasteiger partial charge in [-0.1, -0.05) is 48.7 Å². The number of hydrogen-bond donors (Lipinski definition) is 3. The Kier molecular flexibility index (Phi) is 7.40. The number of aromatic carboxylic acids is 1. The summed E-state index contributed by atoms with van der Waals surface area (Å²) in [5, 5.41) is 15.4. The second-order valence-electron chi connectivity index (χ2n) is 8.96. The molecular formula is C26H25ClFN3O5. The minimum atomic E-state index is -1.19. The number of para-hydroxylation sites is 1. The fraction of sp³-hybridized carbons (Fsp3) is 0.308. The zero-order chi connectivity index (χ0) is 26.0. The van der Waals surface area contributed by atoms with Gasteiger partial charge in [-0.15, -0.1) is 0 Å². The van der Waals surface area contributed by atoms with Crippen LogP contribution in [-0.2, 0) is 22.7 Å². The Hall–Kier alpha value is -3.72. The Morgan fingerprint density at radius 2 is 1.86 bits per heavy atom. The molecule has 4 rings (SSSR count). The average molecular weight is 514 g/mol. The van der Waals surface area contributed by atoms with Crippen LogP contribution in [-0.4, -0.2) is 39.3 Å². The number of aromatic nitrogens is 1. The van der Waals surface area contributed by atoms with Crippen LogP contribution in [0.15, 0.2) is 42.6 Å². The number of Topliss-reactive ketones (excluding diaryl/α,β-unsaturated/α-hetero) is 1. The first-order valence-corrected chi connectivity index (χ1v) is 11.9. The first-order chi connectivity index (χ1) is 17.2. The minimum absolute atomic E-state index is 0.0383. The Morgan fingerprint density at radius 3 is 2.53 bits per heavy atom. The minimum Gasteiger partial charge on any atom is -0.478 e. The van der Waals surface area contributed by atoms with E-state index >= 15 is 0 Å². The number of ketones is 1. The molecule has 0 saturated heterocycles. The highest BCUT2D eigenvalue weighted by molar-refractivity contribution is 6.30. The number of carboxylic acids is 1. The molecule has 3 N–H and O–H groups in total. The zero-order valence-electron chi connectivity index (χ0n) is 19.5. The van der Waals surface area contributed by atoms with Gasteiger partial charge in [-0.2, -0.15) is 0 Å². The molecule has 2 amide bonds. The van der Waals surface area contributed by atoms with E-state index in [1.165, 1.54) is 35.9 Å². The highest BCUT2D eigenvalue weighted by Crippen LogP contribution is 2.33. The lowest BCUT2D eigenvalue weighted by atomic mass is 10.1. The molecule has 3 aromatic rings. The van der Waals surface area contributed by atoms with Gasteiger partial charge in [-0.25, -0.2) is 9.18 Å². The largest absolute Gasteiger partial charge is 0.478 e. The van der Waals surface area contributed by atoms with Crippen molar-refractivity contribution in [1.29, 1.82) is 0 Å². The Bertz CT molecular complexity index is 1370. The van der Waals surface area contributed by atoms with Gasteiger partial charge in [0, 0.05) is 29.3 Å². The second kappa shape index (κ2) is 10.5. The summed E-state index contributed by atoms with van der Waals surface area (Å²) < 4.78 is 15.6. The van der Waals surface area contributed by atoms with Crippen molar-refractivity contribution in [3.8, 4) is 0 Å². The van der Waals surface area contributed by atoms with Crippen LogP contribution in [0.2, 0.25) is 5.02 Å². The summed E-state index contributed by atoms with van der Waals surface area (Å²) in [6.07, 6.45) is 3.79. The second-order valence-corrected chi connectivity index (χ2v) is 9.37. The topological polar surface area (TPSA) is 118 Å². The van der Waals surface area contributed by atoms with E-state index in [2.05, 4.69) is 10.6 Å². The Balaban J connectivity index is 1.52. The number of amides is 2. The normalized spacial score (nSPS) is 13.9. The van der Waals surface area contributed by atoms with Crippen LogP contribution < -0.4 is 10.6 Å². The van der Waals surface area contributed by atoms with Crippen molar-refractivity contribution in [3.05, 3.63) is 70.1 Å². The fourth-order valence-electron chi connectivity index (χ4n) is 4.24. The van der Waals surface area contributed by atoms with E-state index in [-0.39, 0.29) is 40.5 Å². The summed E-state index contributed by atoms with van der Waals surface area (Å²) in [5.74, 6) is -2.73. The Morgan fingerprint density at radius 1 is 1.14 bits per heavy atom. The van der Waals surface area contributed by atoms with Crippen LogP contribution in [0.4, 0.5) is 4.39 Å². The van der Waals surface area contributed by atoms with Crippen LogP contribution in [0.3, 0.4) is 0 Å². The van der Waals surface area contributed by atoms with Crippen molar-refractivity contribution in [2.45, 2.75) is 45.3 Å². The van der Waals surface area contributed by atoms with E-state index in [4.69, 9.17) is 11.6 Å². The molecule has 1 atom stereocenters. The van der Waals surface area contributed by atoms with Crippen molar-refractivity contribution >= 4 is 46.1 Å². The van der Waals surface area contributed by atoms with Crippen LogP contribution >= 0.6 is 11.6 Å². The van der Waals surface area contributed by atoms with E-state index in [0.29, 0.717) is 23.3 Å². The third-order valence-electron chi connectivity index (χ3n) is 6.22. The van der Waals surface area contributed by atoms with Crippen molar-refractivity contribution < 1.29 is 28.7 Å². The summed E-state index contributed by atoms with van der Waals surface area (Å²) in [6.45, 7) is 0.991. The number of nitrogens with zero attached hydrogens (tertiary/aromatic N) is 1. The van der Waals surface area contributed by atoms with Crippen LogP contribution in [0.1, 0.15) is 52.5 Å². The average Bonchev–Trinajstić information content (AvgIpc) is 3.58. The molecule has 0 aliphatic heterocycles. The molecule has 1 aliphatic carbocycles. The van der Waals surface area contributed by atoms with Gasteiger partial charge in [0.15, 0.2) is 5.78 Å². The van der Waals surface area contributed by atoms with Gasteiger partial charge in [0.1, 0.15) is 18.4 Å². The molecule has 1 fully saturated rings. The number of halogens is 2. The maximum Gasteiger partial charge on any atom is 0.337 e. The summed E-state index contributed by atoms with van der Waals surface area (Å²) in [4.78, 5) is 49.8. The molecule has 1 heterocycles. The van der Waals surface area contributed by atoms with Gasteiger partial charge in [-0.3, -0.25) is 14.4 Å². The first-order valence-electron chi connectivity index (χ1n) is 11.5. The maximum absolute atomic E-state index is 14.2. The van der Waals surface area contributed by atoms with Gasteiger partial charge < -0.3 is 20.3 Å². The maximum atomic E-state index is 14.2. The molecule has 1 saturated carbocycles. The molecule has 0 bridgehead atoms. The quantitative estimate of drug-likeness (QED) is 0.355. The van der Waals surface area contributed by atoms with Crippen LogP contribution in [0.5, 0.6) is 0 Å². The fourth-order valence-corrected chi connectivity index (χ4v) is 4.44. The van der Waals surface area contributed by atoms with Gasteiger partial charge >= 0.3 is 5.97 Å². The Labute approximate surface area is 211 Å². The number of rotatable bonds is 10. The third-order valence-corrected chi connectivity index (χ3v) is 6.52. The van der Waals surface area contributed by atoms with Gasteiger partial charge in [0.05, 0.1) is 16.1 Å². The highest BCUT2D eigenvalue weighted by Gasteiger charge is 2.31. The number of hydrogen-bond acceptors (Lipinski definition) is 4. The molecule has 10 heteroatoms. The molecule has 1 aromatic heterocycles. The standard InChI is InChI=1S/C26H25ClFN3O5/c1-14(32)19-12-31(24-17(19)5-3-6-18(24)26(35)36)13-22(33)30-21(10-15-8-9-15)25(34)29-11-16-4-2-7-20(27)23(16)28/h2-7,12,15,21H,8-11,13H2,1H3,(H,29,34)(H,30,33)(H,35,36)/t21-/m0/s1. The number of nitrogens with one attached hydrogen (secondary N) is 2. The predicted molar refractivity (Wildman–Crippen MR) is 131 cm³/mol. The molecule has 1 aliphatic rings. The van der Waals surface area contributed by atoms with E-state index in [1.807, 2.05) is 0 Å². The molecule has 8 nitrogen and oxygen atoms in total. The smallest absolute Gasteiger partial charge is 0.337 e. The third kappa shape index (κ3) is 5.57. The number of benzene rings is 2. The number of carbonyl (C=O) groups excluding carboxylic acids is 3. The summed E-state index contributed by atoms with van der Waals surface area (Å²) >= 11 is 5.80. The monoisotopic (exact) mass is 513 g/mol. The zero-order valence-corrected chi connectivity index (χ0v) is 20.3. The number of carboxylic acid groups (broad SMARTS) is 1. The van der Waals surface area contributed by atoms with E-state index in [0.717, 1.165) is 12.8 Å². The van der Waals surface area contributed by atoms with Gasteiger partial charge in [0.2, 0.25) is 11.8 Å². The van der Waals surface area contributed by atoms with Crippen molar-refractivity contribution in [3.63, 3.8) is 0 Å². The van der Waals surface area contributed by atoms with Crippen molar-refractivity contribution in [2.75, 3.05) is 0 Å². The number of carbonyl (C=O) groups is 4.